The molecule has 3 heterocycles. The SMILES string of the molecule is C[C@]12C=CC(=O)C=C1[C@@H](F)C[C@H]1C3C[C@H]4CN(Cc5ccoc5)O[C@@]4(C(=O)CSC4CCOC4=O)[C@@]3(C)C[C@H](O)[C@@]12F. The van der Waals surface area contributed by atoms with Gasteiger partial charge in [0.05, 0.1) is 37.5 Å². The summed E-state index contributed by atoms with van der Waals surface area (Å²) in [6.45, 7) is 4.55. The predicted octanol–water partition coefficient (Wildman–Crippen LogP) is 3.93. The maximum Gasteiger partial charge on any atom is 0.319 e. The number of nitrogens with zero attached hydrogens (tertiary/aromatic N) is 1. The van der Waals surface area contributed by atoms with Crippen LogP contribution in [0.5, 0.6) is 0 Å². The summed E-state index contributed by atoms with van der Waals surface area (Å²) in [5, 5.41) is 13.1. The molecule has 0 amide bonds. The van der Waals surface area contributed by atoms with E-state index in [-0.39, 0.29) is 41.8 Å². The zero-order valence-electron chi connectivity index (χ0n) is 23.6. The number of thioether (sulfide) groups is 1. The van der Waals surface area contributed by atoms with Gasteiger partial charge in [0, 0.05) is 41.2 Å². The highest BCUT2D eigenvalue weighted by Crippen LogP contribution is 2.72. The highest BCUT2D eigenvalue weighted by Gasteiger charge is 2.79. The van der Waals surface area contributed by atoms with Crippen molar-refractivity contribution in [3.63, 3.8) is 0 Å². The van der Waals surface area contributed by atoms with Crippen molar-refractivity contribution in [2.45, 2.75) is 74.9 Å². The Morgan fingerprint density at radius 2 is 2.05 bits per heavy atom. The molecule has 2 unspecified atom stereocenters. The zero-order chi connectivity index (χ0) is 29.7. The molecule has 4 aliphatic carbocycles. The van der Waals surface area contributed by atoms with E-state index in [0.717, 1.165) is 5.56 Å². The van der Waals surface area contributed by atoms with Crippen molar-refractivity contribution < 1.29 is 42.3 Å². The van der Waals surface area contributed by atoms with Crippen LogP contribution in [0, 0.1) is 28.6 Å². The van der Waals surface area contributed by atoms with E-state index in [4.69, 9.17) is 14.0 Å². The Bertz CT molecular complexity index is 1380. The number of carbonyl (C=O) groups excluding carboxylic acids is 3. The van der Waals surface area contributed by atoms with Gasteiger partial charge in [0.1, 0.15) is 11.4 Å². The number of cyclic esters (lactones) is 1. The third kappa shape index (κ3) is 3.66. The minimum absolute atomic E-state index is 0.000837. The summed E-state index contributed by atoms with van der Waals surface area (Å²) in [6, 6.07) is 1.82. The second kappa shape index (κ2) is 9.58. The lowest BCUT2D eigenvalue weighted by Gasteiger charge is -2.63. The summed E-state index contributed by atoms with van der Waals surface area (Å²) in [5.74, 6) is -2.63. The third-order valence-corrected chi connectivity index (χ3v) is 12.6. The van der Waals surface area contributed by atoms with Crippen LogP contribution in [-0.4, -0.2) is 75.4 Å². The van der Waals surface area contributed by atoms with Crippen LogP contribution in [0.3, 0.4) is 0 Å². The van der Waals surface area contributed by atoms with Gasteiger partial charge in [-0.15, -0.1) is 11.8 Å². The van der Waals surface area contributed by atoms with E-state index < -0.39 is 57.2 Å². The molecule has 1 aromatic rings. The standard InChI is InChI=1S/C31H35F2NO7S/c1-28-6-3-19(35)10-22(28)23(32)11-21-20-9-18-14-34(13-17-4-7-39-15-17)41-31(18,29(20,2)12-25(36)30(21,28)33)26(37)16-42-24-5-8-40-27(24)38/h3-4,6-7,10,15,18,20-21,23-25,36H,5,8-9,11-14,16H2,1-2H3/t18-,20?,21-,23-,24?,25-,28-,29-,30-,31-/m0/s1. The fraction of sp³-hybridized carbons (Fsp3) is 0.645. The molecular weight excluding hydrogens is 568 g/mol. The van der Waals surface area contributed by atoms with Gasteiger partial charge in [-0.25, -0.2) is 8.78 Å². The highest BCUT2D eigenvalue weighted by molar-refractivity contribution is 8.01. The molecule has 5 fully saturated rings. The lowest BCUT2D eigenvalue weighted by Crippen LogP contribution is -2.70. The number of alkyl halides is 2. The van der Waals surface area contributed by atoms with Crippen LogP contribution in [0.25, 0.3) is 0 Å². The van der Waals surface area contributed by atoms with Gasteiger partial charge in [0.25, 0.3) is 0 Å². The van der Waals surface area contributed by atoms with Crippen LogP contribution in [0.15, 0.2) is 46.8 Å². The van der Waals surface area contributed by atoms with Gasteiger partial charge in [-0.2, -0.15) is 5.06 Å². The number of aliphatic hydroxyl groups excluding tert-OH is 1. The van der Waals surface area contributed by atoms with Crippen molar-refractivity contribution in [1.82, 2.24) is 5.06 Å². The molecule has 11 heteroatoms. The van der Waals surface area contributed by atoms with Gasteiger partial charge in [0.2, 0.25) is 0 Å². The summed E-state index contributed by atoms with van der Waals surface area (Å²) in [6.07, 6.45) is 4.64. The number of furan rings is 1. The van der Waals surface area contributed by atoms with Gasteiger partial charge >= 0.3 is 5.97 Å². The molecule has 226 valence electrons. The Morgan fingerprint density at radius 3 is 2.76 bits per heavy atom. The molecule has 2 saturated heterocycles. The molecule has 0 aromatic carbocycles. The minimum Gasteiger partial charge on any atom is -0.472 e. The first-order valence-corrected chi connectivity index (χ1v) is 15.7. The van der Waals surface area contributed by atoms with E-state index in [9.17, 15) is 19.5 Å². The molecule has 8 nitrogen and oxygen atoms in total. The van der Waals surface area contributed by atoms with E-state index in [0.29, 0.717) is 32.5 Å². The number of ketones is 2. The molecular formula is C31H35F2NO7S. The summed E-state index contributed by atoms with van der Waals surface area (Å²) in [4.78, 5) is 45.4. The maximum absolute atomic E-state index is 17.6. The topological polar surface area (TPSA) is 106 Å². The molecule has 10 atom stereocenters. The predicted molar refractivity (Wildman–Crippen MR) is 147 cm³/mol. The van der Waals surface area contributed by atoms with Crippen LogP contribution in [0.1, 0.15) is 45.1 Å². The summed E-state index contributed by atoms with van der Waals surface area (Å²) in [5.41, 5.74) is -5.19. The van der Waals surface area contributed by atoms with Crippen molar-refractivity contribution in [1.29, 1.82) is 0 Å². The van der Waals surface area contributed by atoms with Gasteiger partial charge in [-0.3, -0.25) is 19.2 Å². The summed E-state index contributed by atoms with van der Waals surface area (Å²) < 4.78 is 43.8. The quantitative estimate of drug-likeness (QED) is 0.484. The Morgan fingerprint density at radius 1 is 1.24 bits per heavy atom. The van der Waals surface area contributed by atoms with Crippen LogP contribution in [0.2, 0.25) is 0 Å². The number of allylic oxidation sites excluding steroid dienone is 4. The largest absolute Gasteiger partial charge is 0.472 e. The molecule has 0 radical (unpaired) electrons. The molecule has 0 spiro atoms. The Labute approximate surface area is 246 Å². The minimum atomic E-state index is -2.23. The van der Waals surface area contributed by atoms with E-state index in [1.807, 2.05) is 13.0 Å². The van der Waals surface area contributed by atoms with E-state index >= 15 is 8.78 Å². The van der Waals surface area contributed by atoms with Crippen molar-refractivity contribution in [3.8, 4) is 0 Å². The maximum atomic E-state index is 17.6. The zero-order valence-corrected chi connectivity index (χ0v) is 24.4. The molecule has 3 saturated carbocycles. The Hall–Kier alpha value is -2.34. The number of hydroxylamine groups is 2. The van der Waals surface area contributed by atoms with Crippen LogP contribution in [0.4, 0.5) is 8.78 Å². The first-order chi connectivity index (χ1) is 19.9. The van der Waals surface area contributed by atoms with Crippen molar-refractivity contribution >= 4 is 29.3 Å². The normalized spacial score (nSPS) is 46.1. The van der Waals surface area contributed by atoms with Gasteiger partial charge in [-0.05, 0) is 55.9 Å². The smallest absolute Gasteiger partial charge is 0.319 e. The third-order valence-electron chi connectivity index (χ3n) is 11.3. The number of hydrogen-bond donors (Lipinski definition) is 1. The molecule has 1 N–H and O–H groups in total. The number of hydrogen-bond acceptors (Lipinski definition) is 9. The molecule has 42 heavy (non-hydrogen) atoms. The Balaban J connectivity index is 1.26. The number of carbonyl (C=O) groups is 3. The molecule has 0 bridgehead atoms. The number of esters is 1. The fourth-order valence-electron chi connectivity index (χ4n) is 9.41. The Kier molecular flexibility index (Phi) is 6.48. The summed E-state index contributed by atoms with van der Waals surface area (Å²) in [7, 11) is 0. The van der Waals surface area contributed by atoms with Crippen LogP contribution < -0.4 is 0 Å². The number of aliphatic hydroxyl groups is 1. The first-order valence-electron chi connectivity index (χ1n) is 14.7. The van der Waals surface area contributed by atoms with E-state index in [2.05, 4.69) is 0 Å². The average molecular weight is 604 g/mol. The number of Topliss-reactive ketones (excluding diaryl/α,β-unsaturated/α-hetero) is 1. The number of fused-ring (bicyclic) bond motifs is 7. The van der Waals surface area contributed by atoms with E-state index in [1.165, 1.54) is 30.0 Å². The van der Waals surface area contributed by atoms with Gasteiger partial charge in [-0.1, -0.05) is 13.0 Å². The molecule has 6 aliphatic rings. The summed E-state index contributed by atoms with van der Waals surface area (Å²) >= 11 is 1.23. The van der Waals surface area contributed by atoms with Crippen molar-refractivity contribution in [2.75, 3.05) is 18.9 Å². The van der Waals surface area contributed by atoms with Gasteiger partial charge < -0.3 is 14.3 Å². The lowest BCUT2D eigenvalue weighted by atomic mass is 9.44. The second-order valence-electron chi connectivity index (χ2n) is 13.3. The second-order valence-corrected chi connectivity index (χ2v) is 14.4. The number of ether oxygens (including phenoxy) is 1. The number of rotatable bonds is 6. The van der Waals surface area contributed by atoms with Crippen LogP contribution >= 0.6 is 11.8 Å². The monoisotopic (exact) mass is 603 g/mol. The lowest BCUT2D eigenvalue weighted by molar-refractivity contribution is -0.268. The van der Waals surface area contributed by atoms with Gasteiger partial charge in [0.15, 0.2) is 22.8 Å². The average Bonchev–Trinajstić information content (AvgIpc) is 3.72. The fourth-order valence-corrected chi connectivity index (χ4v) is 10.4. The molecule has 1 aromatic heterocycles. The highest BCUT2D eigenvalue weighted by atomic mass is 32.2. The first kappa shape index (κ1) is 28.4. The van der Waals surface area contributed by atoms with E-state index in [1.54, 1.807) is 24.5 Å². The molecule has 7 rings (SSSR count). The number of halogens is 2. The van der Waals surface area contributed by atoms with Crippen molar-refractivity contribution in [3.05, 3.63) is 48.0 Å². The molecule has 2 aliphatic heterocycles. The van der Waals surface area contributed by atoms with Crippen molar-refractivity contribution in [2.24, 2.45) is 28.6 Å². The van der Waals surface area contributed by atoms with Crippen LogP contribution in [-0.2, 0) is 30.5 Å².